The van der Waals surface area contributed by atoms with Crippen LogP contribution in [0.15, 0.2) is 24.3 Å². The van der Waals surface area contributed by atoms with Crippen molar-refractivity contribution in [2.45, 2.75) is 26.4 Å². The molecule has 0 aliphatic carbocycles. The third-order valence-electron chi connectivity index (χ3n) is 4.55. The molecule has 2 aromatic rings. The van der Waals surface area contributed by atoms with Crippen molar-refractivity contribution < 1.29 is 9.53 Å². The molecule has 0 fully saturated rings. The van der Waals surface area contributed by atoms with E-state index in [2.05, 4.69) is 19.8 Å². The van der Waals surface area contributed by atoms with Crippen LogP contribution in [0, 0.1) is 6.92 Å². The molecular formula is C18H24N4O2. The Morgan fingerprint density at radius 3 is 3.04 bits per heavy atom. The highest BCUT2D eigenvalue weighted by atomic mass is 16.5. The zero-order chi connectivity index (χ0) is 17.1. The summed E-state index contributed by atoms with van der Waals surface area (Å²) >= 11 is 0. The summed E-state index contributed by atoms with van der Waals surface area (Å²) in [5.74, 6) is 1.88. The number of imidazole rings is 1. The number of rotatable bonds is 5. The van der Waals surface area contributed by atoms with Gasteiger partial charge in [-0.3, -0.25) is 9.69 Å². The Morgan fingerprint density at radius 2 is 2.25 bits per heavy atom. The number of aromatic nitrogens is 2. The molecule has 0 saturated heterocycles. The molecule has 6 heteroatoms. The van der Waals surface area contributed by atoms with Gasteiger partial charge in [0, 0.05) is 33.1 Å². The van der Waals surface area contributed by atoms with Crippen LogP contribution in [0.1, 0.15) is 22.8 Å². The molecule has 0 saturated carbocycles. The minimum atomic E-state index is 0.0418. The zero-order valence-corrected chi connectivity index (χ0v) is 14.5. The van der Waals surface area contributed by atoms with Crippen molar-refractivity contribution in [2.24, 2.45) is 7.05 Å². The smallest absolute Gasteiger partial charge is 0.234 e. The average molecular weight is 328 g/mol. The molecule has 1 aromatic heterocycles. The topological polar surface area (TPSA) is 59.4 Å². The standard InChI is InChI=1S/C18H24N4O2/c1-13-20-16-7-8-22(11-17(16)21(13)2)12-18(23)19-10-14-5-4-6-15(9-14)24-3/h4-6,9H,7-8,10-12H2,1-3H3,(H,19,23). The van der Waals surface area contributed by atoms with Gasteiger partial charge in [-0.15, -0.1) is 0 Å². The fraction of sp³-hybridized carbons (Fsp3) is 0.444. The van der Waals surface area contributed by atoms with Crippen molar-refractivity contribution in [3.8, 4) is 5.75 Å². The lowest BCUT2D eigenvalue weighted by atomic mass is 10.1. The zero-order valence-electron chi connectivity index (χ0n) is 14.5. The first-order chi connectivity index (χ1) is 11.6. The van der Waals surface area contributed by atoms with Crippen LogP contribution < -0.4 is 10.1 Å². The Morgan fingerprint density at radius 1 is 1.42 bits per heavy atom. The summed E-state index contributed by atoms with van der Waals surface area (Å²) in [6.45, 7) is 4.59. The van der Waals surface area contributed by atoms with Gasteiger partial charge in [0.15, 0.2) is 0 Å². The Kier molecular flexibility index (Phi) is 4.85. The largest absolute Gasteiger partial charge is 0.497 e. The molecule has 0 bridgehead atoms. The van der Waals surface area contributed by atoms with Crippen molar-refractivity contribution in [3.05, 3.63) is 47.0 Å². The number of benzene rings is 1. The highest BCUT2D eigenvalue weighted by Gasteiger charge is 2.22. The molecule has 6 nitrogen and oxygen atoms in total. The summed E-state index contributed by atoms with van der Waals surface area (Å²) in [6.07, 6.45) is 0.903. The fourth-order valence-electron chi connectivity index (χ4n) is 3.05. The maximum atomic E-state index is 12.2. The number of ether oxygens (including phenoxy) is 1. The lowest BCUT2D eigenvalue weighted by Crippen LogP contribution is -2.40. The summed E-state index contributed by atoms with van der Waals surface area (Å²) in [7, 11) is 3.68. The molecule has 1 aliphatic rings. The Balaban J connectivity index is 1.53. The molecule has 0 spiro atoms. The first-order valence-electron chi connectivity index (χ1n) is 8.20. The van der Waals surface area contributed by atoms with Crippen LogP contribution >= 0.6 is 0 Å². The van der Waals surface area contributed by atoms with E-state index in [4.69, 9.17) is 4.74 Å². The van der Waals surface area contributed by atoms with Gasteiger partial charge in [-0.2, -0.15) is 0 Å². The van der Waals surface area contributed by atoms with E-state index in [9.17, 15) is 4.79 Å². The number of methoxy groups -OCH3 is 1. The van der Waals surface area contributed by atoms with Crippen LogP contribution in [-0.4, -0.2) is 40.6 Å². The van der Waals surface area contributed by atoms with E-state index in [0.717, 1.165) is 36.6 Å². The first kappa shape index (κ1) is 16.5. The van der Waals surface area contributed by atoms with E-state index in [1.54, 1.807) is 7.11 Å². The van der Waals surface area contributed by atoms with Gasteiger partial charge in [-0.25, -0.2) is 4.98 Å². The third kappa shape index (κ3) is 3.59. The first-order valence-corrected chi connectivity index (χ1v) is 8.20. The molecule has 128 valence electrons. The summed E-state index contributed by atoms with van der Waals surface area (Å²) in [4.78, 5) is 19.0. The number of fused-ring (bicyclic) bond motifs is 1. The Labute approximate surface area is 142 Å². The number of nitrogens with one attached hydrogen (secondary N) is 1. The van der Waals surface area contributed by atoms with E-state index in [1.165, 1.54) is 11.4 Å². The summed E-state index contributed by atoms with van der Waals surface area (Å²) in [5.41, 5.74) is 3.42. The molecule has 2 heterocycles. The Bertz CT molecular complexity index is 739. The molecule has 1 aromatic carbocycles. The van der Waals surface area contributed by atoms with Crippen LogP contribution in [0.25, 0.3) is 0 Å². The van der Waals surface area contributed by atoms with Crippen molar-refractivity contribution in [1.82, 2.24) is 19.8 Å². The van der Waals surface area contributed by atoms with Crippen LogP contribution in [0.2, 0.25) is 0 Å². The van der Waals surface area contributed by atoms with Crippen LogP contribution in [0.5, 0.6) is 5.75 Å². The van der Waals surface area contributed by atoms with Gasteiger partial charge in [-0.05, 0) is 24.6 Å². The number of aryl methyl sites for hydroxylation is 1. The molecule has 0 unspecified atom stereocenters. The molecule has 3 rings (SSSR count). The van der Waals surface area contributed by atoms with Gasteiger partial charge in [0.05, 0.1) is 25.0 Å². The van der Waals surface area contributed by atoms with E-state index >= 15 is 0 Å². The van der Waals surface area contributed by atoms with Gasteiger partial charge in [-0.1, -0.05) is 12.1 Å². The molecule has 1 amide bonds. The summed E-state index contributed by atoms with van der Waals surface area (Å²) in [5, 5.41) is 2.98. The minimum absolute atomic E-state index is 0.0418. The molecular weight excluding hydrogens is 304 g/mol. The van der Waals surface area contributed by atoms with Crippen molar-refractivity contribution in [1.29, 1.82) is 0 Å². The number of carbonyl (C=O) groups excluding carboxylic acids is 1. The molecule has 0 radical (unpaired) electrons. The SMILES string of the molecule is COc1cccc(CNC(=O)CN2CCc3nc(C)n(C)c3C2)c1. The van der Waals surface area contributed by atoms with Crippen LogP contribution in [-0.2, 0) is 31.4 Å². The monoisotopic (exact) mass is 328 g/mol. The van der Waals surface area contributed by atoms with Gasteiger partial charge in [0.25, 0.3) is 0 Å². The fourth-order valence-corrected chi connectivity index (χ4v) is 3.05. The van der Waals surface area contributed by atoms with E-state index < -0.39 is 0 Å². The lowest BCUT2D eigenvalue weighted by molar-refractivity contribution is -0.122. The Hall–Kier alpha value is -2.34. The third-order valence-corrected chi connectivity index (χ3v) is 4.55. The highest BCUT2D eigenvalue weighted by molar-refractivity contribution is 5.78. The number of hydrogen-bond acceptors (Lipinski definition) is 4. The van der Waals surface area contributed by atoms with E-state index in [0.29, 0.717) is 13.1 Å². The number of nitrogens with zero attached hydrogens (tertiary/aromatic N) is 3. The van der Waals surface area contributed by atoms with Crippen LogP contribution in [0.4, 0.5) is 0 Å². The molecule has 1 aliphatic heterocycles. The average Bonchev–Trinajstić information content (AvgIpc) is 2.88. The maximum Gasteiger partial charge on any atom is 0.234 e. The van der Waals surface area contributed by atoms with Gasteiger partial charge < -0.3 is 14.6 Å². The minimum Gasteiger partial charge on any atom is -0.497 e. The predicted octanol–water partition coefficient (Wildman–Crippen LogP) is 1.41. The van der Waals surface area contributed by atoms with Crippen LogP contribution in [0.3, 0.4) is 0 Å². The predicted molar refractivity (Wildman–Crippen MR) is 91.8 cm³/mol. The quantitative estimate of drug-likeness (QED) is 0.902. The highest BCUT2D eigenvalue weighted by Crippen LogP contribution is 2.18. The molecule has 1 N–H and O–H groups in total. The van der Waals surface area contributed by atoms with E-state index in [-0.39, 0.29) is 5.91 Å². The number of carbonyl (C=O) groups is 1. The van der Waals surface area contributed by atoms with E-state index in [1.807, 2.05) is 38.2 Å². The van der Waals surface area contributed by atoms with Gasteiger partial charge in [0.2, 0.25) is 5.91 Å². The second-order valence-electron chi connectivity index (χ2n) is 6.20. The maximum absolute atomic E-state index is 12.2. The van der Waals surface area contributed by atoms with Crippen molar-refractivity contribution in [3.63, 3.8) is 0 Å². The van der Waals surface area contributed by atoms with Crippen molar-refractivity contribution >= 4 is 5.91 Å². The van der Waals surface area contributed by atoms with Gasteiger partial charge >= 0.3 is 0 Å². The van der Waals surface area contributed by atoms with Gasteiger partial charge in [0.1, 0.15) is 11.6 Å². The lowest BCUT2D eigenvalue weighted by Gasteiger charge is -2.26. The molecule has 24 heavy (non-hydrogen) atoms. The number of amides is 1. The molecule has 0 atom stereocenters. The normalized spacial score (nSPS) is 14.3. The second kappa shape index (κ2) is 7.05. The summed E-state index contributed by atoms with van der Waals surface area (Å²) in [6, 6.07) is 7.74. The second-order valence-corrected chi connectivity index (χ2v) is 6.20. The summed E-state index contributed by atoms with van der Waals surface area (Å²) < 4.78 is 7.32. The number of hydrogen-bond donors (Lipinski definition) is 1. The van der Waals surface area contributed by atoms with Crippen molar-refractivity contribution in [2.75, 3.05) is 20.2 Å².